The van der Waals surface area contributed by atoms with Gasteiger partial charge in [-0.05, 0) is 39.3 Å². The van der Waals surface area contributed by atoms with Gasteiger partial charge in [0.15, 0.2) is 0 Å². The van der Waals surface area contributed by atoms with E-state index in [1.54, 1.807) is 0 Å². The molecule has 4 heteroatoms. The van der Waals surface area contributed by atoms with Crippen LogP contribution in [0.15, 0.2) is 0 Å². The molecule has 0 spiro atoms. The molecule has 94 valence electrons. The molecule has 1 rings (SSSR count). The first kappa shape index (κ1) is 13.5. The molecule has 4 nitrogen and oxygen atoms in total. The third kappa shape index (κ3) is 4.49. The van der Waals surface area contributed by atoms with Crippen molar-refractivity contribution in [3.63, 3.8) is 0 Å². The van der Waals surface area contributed by atoms with Crippen molar-refractivity contribution >= 4 is 5.91 Å². The summed E-state index contributed by atoms with van der Waals surface area (Å²) in [5.74, 6) is 0.876. The molecule has 1 saturated heterocycles. The number of hydrogen-bond acceptors (Lipinski definition) is 3. The van der Waals surface area contributed by atoms with Crippen LogP contribution in [0.4, 0.5) is 0 Å². The Morgan fingerprint density at radius 3 is 2.81 bits per heavy atom. The molecule has 0 radical (unpaired) electrons. The van der Waals surface area contributed by atoms with E-state index in [4.69, 9.17) is 5.73 Å². The second-order valence-electron chi connectivity index (χ2n) is 5.21. The summed E-state index contributed by atoms with van der Waals surface area (Å²) >= 11 is 0. The molecular weight excluding hydrogens is 202 g/mol. The molecule has 0 aromatic rings. The van der Waals surface area contributed by atoms with E-state index in [-0.39, 0.29) is 11.9 Å². The normalized spacial score (nSPS) is 23.4. The minimum atomic E-state index is 0.120. The second kappa shape index (κ2) is 6.21. The first-order chi connectivity index (χ1) is 7.49. The molecule has 0 aromatic carbocycles. The van der Waals surface area contributed by atoms with Crippen molar-refractivity contribution in [2.45, 2.75) is 32.2 Å². The number of amides is 1. The van der Waals surface area contributed by atoms with Gasteiger partial charge in [-0.1, -0.05) is 0 Å². The van der Waals surface area contributed by atoms with Crippen LogP contribution in [0, 0.1) is 5.92 Å². The maximum absolute atomic E-state index is 11.8. The van der Waals surface area contributed by atoms with Crippen LogP contribution < -0.4 is 5.73 Å². The third-order valence-corrected chi connectivity index (χ3v) is 3.26. The molecule has 0 bridgehead atoms. The van der Waals surface area contributed by atoms with Gasteiger partial charge in [0.05, 0.1) is 0 Å². The molecule has 1 aliphatic rings. The van der Waals surface area contributed by atoms with Gasteiger partial charge in [-0.15, -0.1) is 0 Å². The molecule has 2 N–H and O–H groups in total. The van der Waals surface area contributed by atoms with Crippen molar-refractivity contribution in [2.24, 2.45) is 11.7 Å². The van der Waals surface area contributed by atoms with E-state index in [1.165, 1.54) is 6.42 Å². The van der Waals surface area contributed by atoms with E-state index in [9.17, 15) is 4.79 Å². The molecule has 16 heavy (non-hydrogen) atoms. The summed E-state index contributed by atoms with van der Waals surface area (Å²) in [6.07, 6.45) is 2.58. The number of rotatable bonds is 5. The zero-order chi connectivity index (χ0) is 12.1. The van der Waals surface area contributed by atoms with Crippen molar-refractivity contribution < 1.29 is 4.79 Å². The fraction of sp³-hybridized carbons (Fsp3) is 0.917. The van der Waals surface area contributed by atoms with E-state index in [1.807, 2.05) is 18.9 Å². The number of carbonyl (C=O) groups is 1. The summed E-state index contributed by atoms with van der Waals surface area (Å²) in [6.45, 7) is 5.11. The Morgan fingerprint density at radius 2 is 2.31 bits per heavy atom. The molecule has 1 aliphatic heterocycles. The Kier molecular flexibility index (Phi) is 5.22. The van der Waals surface area contributed by atoms with Gasteiger partial charge in [0.1, 0.15) is 0 Å². The van der Waals surface area contributed by atoms with E-state index < -0.39 is 0 Å². The lowest BCUT2D eigenvalue weighted by Crippen LogP contribution is -2.33. The van der Waals surface area contributed by atoms with Crippen LogP contribution in [0.5, 0.6) is 0 Å². The molecule has 0 saturated carbocycles. The highest BCUT2D eigenvalue weighted by Gasteiger charge is 2.22. The molecular formula is C12H25N3O. The predicted molar refractivity (Wildman–Crippen MR) is 66.1 cm³/mol. The predicted octanol–water partition coefficient (Wildman–Crippen LogP) is 0.524. The van der Waals surface area contributed by atoms with Crippen LogP contribution in [-0.2, 0) is 4.79 Å². The monoisotopic (exact) mass is 227 g/mol. The van der Waals surface area contributed by atoms with Crippen LogP contribution in [-0.4, -0.2) is 55.5 Å². The van der Waals surface area contributed by atoms with Gasteiger partial charge in [0.2, 0.25) is 5.91 Å². The van der Waals surface area contributed by atoms with Gasteiger partial charge in [-0.3, -0.25) is 4.79 Å². The summed E-state index contributed by atoms with van der Waals surface area (Å²) in [4.78, 5) is 16.0. The molecule has 2 unspecified atom stereocenters. The average molecular weight is 227 g/mol. The zero-order valence-corrected chi connectivity index (χ0v) is 10.8. The number of nitrogens with two attached hydrogens (primary N) is 1. The summed E-state index contributed by atoms with van der Waals surface area (Å²) in [5.41, 5.74) is 5.65. The summed E-state index contributed by atoms with van der Waals surface area (Å²) in [5, 5.41) is 0. The van der Waals surface area contributed by atoms with Crippen LogP contribution in [0.2, 0.25) is 0 Å². The Labute approximate surface area is 98.8 Å². The molecule has 1 fully saturated rings. The van der Waals surface area contributed by atoms with E-state index >= 15 is 0 Å². The Morgan fingerprint density at radius 1 is 1.62 bits per heavy atom. The van der Waals surface area contributed by atoms with Gasteiger partial charge < -0.3 is 15.5 Å². The summed E-state index contributed by atoms with van der Waals surface area (Å²) < 4.78 is 0. The highest BCUT2D eigenvalue weighted by atomic mass is 16.2. The largest absolute Gasteiger partial charge is 0.345 e. The standard InChI is InChI=1S/C12H25N3O/c1-10(13)4-5-12(16)15(3)9-11-6-7-14(2)8-11/h10-11H,4-9,13H2,1-3H3. The van der Waals surface area contributed by atoms with E-state index in [0.717, 1.165) is 26.1 Å². The second-order valence-corrected chi connectivity index (χ2v) is 5.21. The lowest BCUT2D eigenvalue weighted by Gasteiger charge is -2.21. The SMILES string of the molecule is CC(N)CCC(=O)N(C)CC1CCN(C)C1. The quantitative estimate of drug-likeness (QED) is 0.745. The maximum Gasteiger partial charge on any atom is 0.222 e. The van der Waals surface area contributed by atoms with Gasteiger partial charge in [0, 0.05) is 32.6 Å². The van der Waals surface area contributed by atoms with Crippen LogP contribution in [0.3, 0.4) is 0 Å². The molecule has 1 amide bonds. The van der Waals surface area contributed by atoms with Gasteiger partial charge in [-0.2, -0.15) is 0 Å². The minimum Gasteiger partial charge on any atom is -0.345 e. The van der Waals surface area contributed by atoms with Gasteiger partial charge in [-0.25, -0.2) is 0 Å². The molecule has 0 aromatic heterocycles. The van der Waals surface area contributed by atoms with Crippen molar-refractivity contribution in [2.75, 3.05) is 33.7 Å². The zero-order valence-electron chi connectivity index (χ0n) is 10.8. The number of hydrogen-bond donors (Lipinski definition) is 1. The fourth-order valence-electron chi connectivity index (χ4n) is 2.21. The van der Waals surface area contributed by atoms with Crippen LogP contribution in [0.1, 0.15) is 26.2 Å². The first-order valence-electron chi connectivity index (χ1n) is 6.17. The third-order valence-electron chi connectivity index (χ3n) is 3.26. The van der Waals surface area contributed by atoms with Gasteiger partial charge >= 0.3 is 0 Å². The topological polar surface area (TPSA) is 49.6 Å². The van der Waals surface area contributed by atoms with E-state index in [0.29, 0.717) is 12.3 Å². The van der Waals surface area contributed by atoms with E-state index in [2.05, 4.69) is 11.9 Å². The van der Waals surface area contributed by atoms with Crippen molar-refractivity contribution in [1.29, 1.82) is 0 Å². The minimum absolute atomic E-state index is 0.120. The number of nitrogens with zero attached hydrogens (tertiary/aromatic N) is 2. The van der Waals surface area contributed by atoms with Crippen molar-refractivity contribution in [1.82, 2.24) is 9.80 Å². The first-order valence-corrected chi connectivity index (χ1v) is 6.17. The van der Waals surface area contributed by atoms with Gasteiger partial charge in [0.25, 0.3) is 0 Å². The Hall–Kier alpha value is -0.610. The van der Waals surface area contributed by atoms with Crippen molar-refractivity contribution in [3.8, 4) is 0 Å². The van der Waals surface area contributed by atoms with Crippen LogP contribution in [0.25, 0.3) is 0 Å². The lowest BCUT2D eigenvalue weighted by atomic mass is 10.1. The highest BCUT2D eigenvalue weighted by Crippen LogP contribution is 2.15. The van der Waals surface area contributed by atoms with Crippen LogP contribution >= 0.6 is 0 Å². The molecule has 2 atom stereocenters. The Bertz CT molecular complexity index is 230. The highest BCUT2D eigenvalue weighted by molar-refractivity contribution is 5.75. The lowest BCUT2D eigenvalue weighted by molar-refractivity contribution is -0.130. The average Bonchev–Trinajstić information content (AvgIpc) is 2.60. The summed E-state index contributed by atoms with van der Waals surface area (Å²) in [6, 6.07) is 0.120. The fourth-order valence-corrected chi connectivity index (χ4v) is 2.21. The number of carbonyl (C=O) groups excluding carboxylic acids is 1. The summed E-state index contributed by atoms with van der Waals surface area (Å²) in [7, 11) is 4.04. The van der Waals surface area contributed by atoms with Crippen molar-refractivity contribution in [3.05, 3.63) is 0 Å². The maximum atomic E-state index is 11.8. The smallest absolute Gasteiger partial charge is 0.222 e. The molecule has 0 aliphatic carbocycles. The molecule has 1 heterocycles. The Balaban J connectivity index is 2.23. The number of likely N-dealkylation sites (tertiary alicyclic amines) is 1.